The Labute approximate surface area is 119 Å². The molecule has 0 amide bonds. The molecule has 19 heavy (non-hydrogen) atoms. The number of fused-ring (bicyclic) bond motifs is 1. The van der Waals surface area contributed by atoms with E-state index in [9.17, 15) is 0 Å². The maximum atomic E-state index is 6.10. The summed E-state index contributed by atoms with van der Waals surface area (Å²) < 4.78 is 5.68. The summed E-state index contributed by atoms with van der Waals surface area (Å²) >= 11 is 12.0. The predicted octanol–water partition coefficient (Wildman–Crippen LogP) is 4.73. The van der Waals surface area contributed by atoms with Gasteiger partial charge in [-0.05, 0) is 30.3 Å². The zero-order chi connectivity index (χ0) is 13.2. The quantitative estimate of drug-likeness (QED) is 0.640. The number of halogens is 2. The number of pyridine rings is 2. The van der Waals surface area contributed by atoms with Crippen molar-refractivity contribution in [1.29, 1.82) is 0 Å². The van der Waals surface area contributed by atoms with Crippen molar-refractivity contribution in [3.8, 4) is 11.5 Å². The highest BCUT2D eigenvalue weighted by Gasteiger charge is 2.05. The molecule has 0 unspecified atom stereocenters. The molecule has 0 radical (unpaired) electrons. The lowest BCUT2D eigenvalue weighted by molar-refractivity contribution is 0.481. The van der Waals surface area contributed by atoms with Crippen molar-refractivity contribution in [3.05, 3.63) is 59.0 Å². The zero-order valence-electron chi connectivity index (χ0n) is 9.68. The smallest absolute Gasteiger partial charge is 0.145 e. The Hall–Kier alpha value is -1.84. The Balaban J connectivity index is 2.02. The van der Waals surface area contributed by atoms with Crippen LogP contribution in [0.15, 0.2) is 48.8 Å². The number of aromatic nitrogens is 2. The molecule has 1 aromatic carbocycles. The molecule has 0 saturated heterocycles. The molecule has 0 aliphatic carbocycles. The Kier molecular flexibility index (Phi) is 3.23. The van der Waals surface area contributed by atoms with Crippen molar-refractivity contribution in [2.24, 2.45) is 0 Å². The van der Waals surface area contributed by atoms with Gasteiger partial charge < -0.3 is 4.74 Å². The molecule has 0 saturated carbocycles. The molecular formula is C14H8Cl2N2O. The van der Waals surface area contributed by atoms with Crippen LogP contribution in [-0.4, -0.2) is 9.97 Å². The van der Waals surface area contributed by atoms with E-state index in [0.717, 1.165) is 5.39 Å². The average molecular weight is 291 g/mol. The average Bonchev–Trinajstić information content (AvgIpc) is 2.39. The first-order valence-corrected chi connectivity index (χ1v) is 6.32. The van der Waals surface area contributed by atoms with Crippen LogP contribution in [0.4, 0.5) is 0 Å². The summed E-state index contributed by atoms with van der Waals surface area (Å²) in [5.41, 5.74) is 0.693. The molecule has 94 valence electrons. The molecule has 3 nitrogen and oxygen atoms in total. The van der Waals surface area contributed by atoms with Crippen LogP contribution in [0.5, 0.6) is 11.5 Å². The third kappa shape index (κ3) is 2.62. The molecular weight excluding hydrogens is 283 g/mol. The number of nitrogens with zero attached hydrogens (tertiary/aromatic N) is 2. The molecule has 0 atom stereocenters. The van der Waals surface area contributed by atoms with Crippen molar-refractivity contribution in [2.75, 3.05) is 0 Å². The van der Waals surface area contributed by atoms with E-state index in [1.807, 2.05) is 24.3 Å². The van der Waals surface area contributed by atoms with E-state index in [1.54, 1.807) is 24.5 Å². The van der Waals surface area contributed by atoms with Gasteiger partial charge in [-0.1, -0.05) is 23.2 Å². The van der Waals surface area contributed by atoms with Gasteiger partial charge in [-0.2, -0.15) is 0 Å². The first-order valence-electron chi connectivity index (χ1n) is 5.56. The van der Waals surface area contributed by atoms with E-state index in [0.29, 0.717) is 27.2 Å². The molecule has 2 aromatic heterocycles. The highest BCUT2D eigenvalue weighted by molar-refractivity contribution is 6.37. The van der Waals surface area contributed by atoms with Crippen LogP contribution in [0.2, 0.25) is 10.2 Å². The lowest BCUT2D eigenvalue weighted by atomic mass is 10.2. The minimum Gasteiger partial charge on any atom is -0.456 e. The first kappa shape index (κ1) is 12.2. The second-order valence-corrected chi connectivity index (χ2v) is 4.69. The van der Waals surface area contributed by atoms with Crippen LogP contribution in [0, 0.1) is 0 Å². The Morgan fingerprint density at radius 2 is 1.89 bits per heavy atom. The van der Waals surface area contributed by atoms with E-state index in [2.05, 4.69) is 9.97 Å². The Morgan fingerprint density at radius 1 is 1.00 bits per heavy atom. The van der Waals surface area contributed by atoms with Gasteiger partial charge in [0, 0.05) is 17.6 Å². The van der Waals surface area contributed by atoms with Crippen molar-refractivity contribution < 1.29 is 4.74 Å². The number of ether oxygens (including phenoxy) is 1. The molecule has 0 N–H and O–H groups in total. The van der Waals surface area contributed by atoms with Crippen LogP contribution in [-0.2, 0) is 0 Å². The van der Waals surface area contributed by atoms with E-state index >= 15 is 0 Å². The van der Waals surface area contributed by atoms with Gasteiger partial charge in [-0.25, -0.2) is 4.98 Å². The van der Waals surface area contributed by atoms with Gasteiger partial charge in [0.15, 0.2) is 0 Å². The van der Waals surface area contributed by atoms with Crippen molar-refractivity contribution >= 4 is 34.1 Å². The van der Waals surface area contributed by atoms with E-state index in [1.165, 1.54) is 0 Å². The normalized spacial score (nSPS) is 10.6. The minimum atomic E-state index is 0.357. The van der Waals surface area contributed by atoms with E-state index in [4.69, 9.17) is 27.9 Å². The van der Waals surface area contributed by atoms with Crippen LogP contribution in [0.3, 0.4) is 0 Å². The molecule has 3 aromatic rings. The van der Waals surface area contributed by atoms with Crippen molar-refractivity contribution in [3.63, 3.8) is 0 Å². The van der Waals surface area contributed by atoms with Crippen LogP contribution in [0.25, 0.3) is 10.9 Å². The van der Waals surface area contributed by atoms with Gasteiger partial charge in [0.2, 0.25) is 0 Å². The number of hydrogen-bond donors (Lipinski definition) is 0. The summed E-state index contributed by atoms with van der Waals surface area (Å²) in [5.74, 6) is 1.32. The standard InChI is InChI=1S/C14H8Cl2N2O/c15-12-7-14(16)18-13-6-9(3-4-11(12)13)19-10-2-1-5-17-8-10/h1-8H. The van der Waals surface area contributed by atoms with Crippen LogP contribution >= 0.6 is 23.2 Å². The molecule has 0 spiro atoms. The fourth-order valence-electron chi connectivity index (χ4n) is 1.74. The Morgan fingerprint density at radius 3 is 2.68 bits per heavy atom. The Bertz CT molecular complexity index is 732. The summed E-state index contributed by atoms with van der Waals surface area (Å²) in [6.45, 7) is 0. The second-order valence-electron chi connectivity index (χ2n) is 3.90. The predicted molar refractivity (Wildman–Crippen MR) is 76.1 cm³/mol. The fraction of sp³-hybridized carbons (Fsp3) is 0. The third-order valence-electron chi connectivity index (χ3n) is 2.57. The summed E-state index contributed by atoms with van der Waals surface area (Å²) in [7, 11) is 0. The summed E-state index contributed by atoms with van der Waals surface area (Å²) in [5, 5.41) is 1.77. The monoisotopic (exact) mass is 290 g/mol. The maximum Gasteiger partial charge on any atom is 0.145 e. The van der Waals surface area contributed by atoms with Gasteiger partial charge >= 0.3 is 0 Å². The maximum absolute atomic E-state index is 6.10. The first-order chi connectivity index (χ1) is 9.22. The van der Waals surface area contributed by atoms with Gasteiger partial charge in [-0.3, -0.25) is 4.98 Å². The van der Waals surface area contributed by atoms with Crippen molar-refractivity contribution in [2.45, 2.75) is 0 Å². The SMILES string of the molecule is Clc1cc(Cl)c2ccc(Oc3cccnc3)cc2n1. The molecule has 0 aliphatic rings. The lowest BCUT2D eigenvalue weighted by Crippen LogP contribution is -1.87. The summed E-state index contributed by atoms with van der Waals surface area (Å²) in [6.07, 6.45) is 3.33. The molecule has 3 rings (SSSR count). The largest absolute Gasteiger partial charge is 0.456 e. The minimum absolute atomic E-state index is 0.357. The van der Waals surface area contributed by atoms with Gasteiger partial charge in [0.25, 0.3) is 0 Å². The van der Waals surface area contributed by atoms with Gasteiger partial charge in [0.05, 0.1) is 16.7 Å². The second kappa shape index (κ2) is 5.03. The zero-order valence-corrected chi connectivity index (χ0v) is 11.2. The number of hydrogen-bond acceptors (Lipinski definition) is 3. The molecule has 5 heteroatoms. The lowest BCUT2D eigenvalue weighted by Gasteiger charge is -2.07. The summed E-state index contributed by atoms with van der Waals surface area (Å²) in [4.78, 5) is 8.21. The van der Waals surface area contributed by atoms with Gasteiger partial charge in [0.1, 0.15) is 16.7 Å². The molecule has 2 heterocycles. The highest BCUT2D eigenvalue weighted by atomic mass is 35.5. The number of benzene rings is 1. The van der Waals surface area contributed by atoms with E-state index < -0.39 is 0 Å². The fourth-order valence-corrected chi connectivity index (χ4v) is 2.26. The molecule has 0 bridgehead atoms. The topological polar surface area (TPSA) is 35.0 Å². The molecule has 0 aliphatic heterocycles. The highest BCUT2D eigenvalue weighted by Crippen LogP contribution is 2.29. The third-order valence-corrected chi connectivity index (χ3v) is 3.08. The van der Waals surface area contributed by atoms with Crippen LogP contribution < -0.4 is 4.74 Å². The van der Waals surface area contributed by atoms with Crippen LogP contribution in [0.1, 0.15) is 0 Å². The number of rotatable bonds is 2. The van der Waals surface area contributed by atoms with Gasteiger partial charge in [-0.15, -0.1) is 0 Å². The van der Waals surface area contributed by atoms with E-state index in [-0.39, 0.29) is 0 Å². The summed E-state index contributed by atoms with van der Waals surface area (Å²) in [6, 6.07) is 10.7. The molecule has 0 fully saturated rings. The van der Waals surface area contributed by atoms with Crippen molar-refractivity contribution in [1.82, 2.24) is 9.97 Å².